The Bertz CT molecular complexity index is 467. The molecule has 0 spiro atoms. The van der Waals surface area contributed by atoms with Crippen LogP contribution in [-0.2, 0) is 3.74 Å². The maximum absolute atomic E-state index is 11.7. The molecule has 1 N–H and O–H groups in total. The van der Waals surface area contributed by atoms with E-state index in [4.69, 9.17) is 7.45 Å². The van der Waals surface area contributed by atoms with Crippen LogP contribution in [0.25, 0.3) is 0 Å². The van der Waals surface area contributed by atoms with Gasteiger partial charge in [-0.3, -0.25) is 0 Å². The Morgan fingerprint density at radius 3 is 1.47 bits per heavy atom. The fourth-order valence-electron chi connectivity index (χ4n) is 1.25. The van der Waals surface area contributed by atoms with Gasteiger partial charge in [0.25, 0.3) is 0 Å². The van der Waals surface area contributed by atoms with Gasteiger partial charge in [-0.1, -0.05) is 0 Å². The molecule has 2 aromatic rings. The predicted octanol–water partition coefficient (Wildman–Crippen LogP) is 2.00. The van der Waals surface area contributed by atoms with E-state index in [1.807, 2.05) is 0 Å². The van der Waals surface area contributed by atoms with Crippen LogP contribution >= 0.6 is 0 Å². The van der Waals surface area contributed by atoms with Crippen LogP contribution in [0.1, 0.15) is 0 Å². The van der Waals surface area contributed by atoms with E-state index >= 15 is 0 Å². The molecule has 0 saturated heterocycles. The molecule has 0 aliphatic rings. The Hall–Kier alpha value is -1.64. The topological polar surface area (TPSA) is 55.8 Å². The Balaban J connectivity index is 2.07. The average molecular weight is 294 g/mol. The summed E-state index contributed by atoms with van der Waals surface area (Å²) >= 11 is -4.79. The van der Waals surface area contributed by atoms with Crippen LogP contribution in [0.2, 0.25) is 0 Å². The van der Waals surface area contributed by atoms with Crippen molar-refractivity contribution in [2.75, 3.05) is 0 Å². The minimum absolute atomic E-state index is 0.313. The molecule has 0 amide bonds. The van der Waals surface area contributed by atoms with E-state index in [0.29, 0.717) is 11.5 Å². The molecule has 0 unspecified atom stereocenters. The zero-order valence-corrected chi connectivity index (χ0v) is 10.8. The molecule has 4 nitrogen and oxygen atoms in total. The SMILES string of the molecule is O=[As](O)(Oc1ccccc1)Oc1ccccc1. The molecule has 0 heterocycles. The summed E-state index contributed by atoms with van der Waals surface area (Å²) in [5.41, 5.74) is 0. The van der Waals surface area contributed by atoms with Crippen molar-refractivity contribution >= 4 is 14.5 Å². The predicted molar refractivity (Wildman–Crippen MR) is 62.8 cm³/mol. The van der Waals surface area contributed by atoms with Crippen LogP contribution in [-0.4, -0.2) is 18.6 Å². The Labute approximate surface area is 102 Å². The molecule has 2 rings (SSSR count). The summed E-state index contributed by atoms with van der Waals surface area (Å²) in [6.07, 6.45) is 0. The number of hydrogen-bond donors (Lipinski definition) is 1. The van der Waals surface area contributed by atoms with E-state index in [0.717, 1.165) is 0 Å². The van der Waals surface area contributed by atoms with Gasteiger partial charge in [-0.25, -0.2) is 0 Å². The molecule has 0 saturated carbocycles. The van der Waals surface area contributed by atoms with Crippen LogP contribution in [0, 0.1) is 0 Å². The number of para-hydroxylation sites is 2. The third-order valence-corrected chi connectivity index (χ3v) is 3.78. The van der Waals surface area contributed by atoms with Crippen molar-refractivity contribution in [2.45, 2.75) is 0 Å². The first-order chi connectivity index (χ1) is 8.16. The number of hydrogen-bond acceptors (Lipinski definition) is 3. The molecule has 88 valence electrons. The van der Waals surface area contributed by atoms with E-state index in [2.05, 4.69) is 0 Å². The van der Waals surface area contributed by atoms with E-state index < -0.39 is 14.5 Å². The summed E-state index contributed by atoms with van der Waals surface area (Å²) in [5.74, 6) is 0.627. The third kappa shape index (κ3) is 3.70. The molecular weight excluding hydrogens is 283 g/mol. The average Bonchev–Trinajstić information content (AvgIpc) is 2.30. The molecule has 0 radical (unpaired) electrons. The molecule has 0 aliphatic heterocycles. The van der Waals surface area contributed by atoms with Crippen molar-refractivity contribution < 1.29 is 15.3 Å². The minimum atomic E-state index is -4.79. The van der Waals surface area contributed by atoms with Crippen LogP contribution in [0.15, 0.2) is 60.7 Å². The zero-order valence-electron chi connectivity index (χ0n) is 8.89. The van der Waals surface area contributed by atoms with Gasteiger partial charge in [0, 0.05) is 0 Å². The standard InChI is InChI=1S/C12H11AsO4/c14-13(15,16-11-7-3-1-4-8-11)17-12-9-5-2-6-10-12/h1-10H,(H,14,15). The van der Waals surface area contributed by atoms with Gasteiger partial charge in [0.15, 0.2) is 0 Å². The van der Waals surface area contributed by atoms with Crippen LogP contribution < -0.4 is 7.45 Å². The van der Waals surface area contributed by atoms with Crippen LogP contribution in [0.3, 0.4) is 0 Å². The van der Waals surface area contributed by atoms with Crippen LogP contribution in [0.5, 0.6) is 11.5 Å². The Morgan fingerprint density at radius 1 is 0.765 bits per heavy atom. The molecule has 0 aromatic heterocycles. The summed E-state index contributed by atoms with van der Waals surface area (Å²) in [6.45, 7) is 0. The van der Waals surface area contributed by atoms with Gasteiger partial charge in [0.2, 0.25) is 0 Å². The van der Waals surface area contributed by atoms with E-state index in [-0.39, 0.29) is 0 Å². The Kier molecular flexibility index (Phi) is 3.57. The number of rotatable bonds is 4. The molecule has 0 aliphatic carbocycles. The van der Waals surface area contributed by atoms with E-state index in [1.54, 1.807) is 60.7 Å². The molecule has 0 bridgehead atoms. The summed E-state index contributed by atoms with van der Waals surface area (Å²) in [5, 5.41) is 0. The summed E-state index contributed by atoms with van der Waals surface area (Å²) < 4.78 is 31.2. The van der Waals surface area contributed by atoms with E-state index in [9.17, 15) is 7.84 Å². The first-order valence-corrected chi connectivity index (χ1v) is 8.11. The van der Waals surface area contributed by atoms with Crippen molar-refractivity contribution in [3.8, 4) is 11.5 Å². The molecule has 0 atom stereocenters. The molecule has 5 heteroatoms. The zero-order chi connectivity index (χ0) is 12.1. The van der Waals surface area contributed by atoms with Crippen molar-refractivity contribution in [3.63, 3.8) is 0 Å². The van der Waals surface area contributed by atoms with Gasteiger partial charge < -0.3 is 0 Å². The van der Waals surface area contributed by atoms with Crippen molar-refractivity contribution in [3.05, 3.63) is 60.7 Å². The molecule has 2 aromatic carbocycles. The molecule has 17 heavy (non-hydrogen) atoms. The normalized spacial score (nSPS) is 10.9. The first kappa shape index (κ1) is 11.8. The van der Waals surface area contributed by atoms with E-state index in [1.165, 1.54) is 0 Å². The third-order valence-electron chi connectivity index (χ3n) is 1.93. The van der Waals surface area contributed by atoms with Crippen molar-refractivity contribution in [1.82, 2.24) is 0 Å². The molecular formula is C12H11AsO4. The second-order valence-electron chi connectivity index (χ2n) is 3.28. The number of benzene rings is 2. The maximum atomic E-state index is 11.7. The van der Waals surface area contributed by atoms with Crippen LogP contribution in [0.4, 0.5) is 0 Å². The fourth-order valence-corrected chi connectivity index (χ4v) is 2.95. The monoisotopic (exact) mass is 294 g/mol. The van der Waals surface area contributed by atoms with Gasteiger partial charge in [-0.15, -0.1) is 0 Å². The first-order valence-electron chi connectivity index (χ1n) is 4.98. The fraction of sp³-hybridized carbons (Fsp3) is 0. The summed E-state index contributed by atoms with van der Waals surface area (Å²) in [4.78, 5) is 0. The van der Waals surface area contributed by atoms with Crippen molar-refractivity contribution in [1.29, 1.82) is 0 Å². The van der Waals surface area contributed by atoms with Crippen molar-refractivity contribution in [2.24, 2.45) is 0 Å². The van der Waals surface area contributed by atoms with Gasteiger partial charge in [0.1, 0.15) is 0 Å². The van der Waals surface area contributed by atoms with Gasteiger partial charge in [0.05, 0.1) is 0 Å². The van der Waals surface area contributed by atoms with Gasteiger partial charge in [-0.2, -0.15) is 0 Å². The Morgan fingerprint density at radius 2 is 1.12 bits per heavy atom. The van der Waals surface area contributed by atoms with Gasteiger partial charge in [-0.05, 0) is 0 Å². The summed E-state index contributed by atoms with van der Waals surface area (Å²) in [7, 11) is 0. The second kappa shape index (κ2) is 5.13. The molecule has 0 fully saturated rings. The van der Waals surface area contributed by atoms with Gasteiger partial charge >= 0.3 is 102 Å². The quantitative estimate of drug-likeness (QED) is 0.876. The summed E-state index contributed by atoms with van der Waals surface area (Å²) in [6, 6.07) is 16.8. The second-order valence-corrected chi connectivity index (χ2v) is 6.01.